The maximum atomic E-state index is 12.6. The Hall–Kier alpha value is -1.39. The fraction of sp³-hybridized carbons (Fsp3) is 0.533. The lowest BCUT2D eigenvalue weighted by Crippen LogP contribution is -2.56. The van der Waals surface area contributed by atoms with E-state index < -0.39 is 6.10 Å². The standard InChI is InChI=1S/C15H22N2O2/c1-11-9-17(10-12(2)16-11)15(18)14(19-3)13-7-5-4-6-8-13/h4-8,11-12,14,16H,9-10H2,1-3H3/t11-,12+,14-/m0/s1. The zero-order chi connectivity index (χ0) is 13.8. The number of ether oxygens (including phenoxy) is 1. The second-order valence-electron chi connectivity index (χ2n) is 5.24. The fourth-order valence-corrected chi connectivity index (χ4v) is 2.68. The molecule has 1 aliphatic rings. The summed E-state index contributed by atoms with van der Waals surface area (Å²) in [4.78, 5) is 14.5. The first-order valence-electron chi connectivity index (χ1n) is 6.74. The minimum Gasteiger partial charge on any atom is -0.367 e. The van der Waals surface area contributed by atoms with Gasteiger partial charge in [-0.3, -0.25) is 4.79 Å². The van der Waals surface area contributed by atoms with Gasteiger partial charge in [-0.25, -0.2) is 0 Å². The van der Waals surface area contributed by atoms with Gasteiger partial charge in [-0.15, -0.1) is 0 Å². The molecule has 0 bridgehead atoms. The number of piperazine rings is 1. The highest BCUT2D eigenvalue weighted by Gasteiger charge is 2.30. The first kappa shape index (κ1) is 14.0. The first-order valence-corrected chi connectivity index (χ1v) is 6.74. The molecule has 1 saturated heterocycles. The van der Waals surface area contributed by atoms with E-state index in [-0.39, 0.29) is 5.91 Å². The number of carbonyl (C=O) groups excluding carboxylic acids is 1. The van der Waals surface area contributed by atoms with Crippen molar-refractivity contribution in [3.05, 3.63) is 35.9 Å². The first-order chi connectivity index (χ1) is 9.11. The van der Waals surface area contributed by atoms with Crippen LogP contribution in [0.15, 0.2) is 30.3 Å². The van der Waals surface area contributed by atoms with Crippen LogP contribution in [0.2, 0.25) is 0 Å². The summed E-state index contributed by atoms with van der Waals surface area (Å²) in [5.41, 5.74) is 0.911. The normalized spacial score (nSPS) is 25.1. The van der Waals surface area contributed by atoms with Crippen molar-refractivity contribution in [3.63, 3.8) is 0 Å². The van der Waals surface area contributed by atoms with Crippen molar-refractivity contribution in [2.45, 2.75) is 32.0 Å². The van der Waals surface area contributed by atoms with E-state index in [4.69, 9.17) is 4.74 Å². The zero-order valence-electron chi connectivity index (χ0n) is 11.8. The third-order valence-corrected chi connectivity index (χ3v) is 3.43. The van der Waals surface area contributed by atoms with Crippen LogP contribution in [-0.4, -0.2) is 43.1 Å². The number of carbonyl (C=O) groups is 1. The smallest absolute Gasteiger partial charge is 0.256 e. The Morgan fingerprint density at radius 3 is 2.37 bits per heavy atom. The third kappa shape index (κ3) is 3.33. The largest absolute Gasteiger partial charge is 0.367 e. The number of nitrogens with zero attached hydrogens (tertiary/aromatic N) is 1. The van der Waals surface area contributed by atoms with E-state index >= 15 is 0 Å². The summed E-state index contributed by atoms with van der Waals surface area (Å²) < 4.78 is 5.41. The Bertz CT molecular complexity index is 411. The molecule has 0 spiro atoms. The maximum absolute atomic E-state index is 12.6. The van der Waals surface area contributed by atoms with Crippen LogP contribution in [0.25, 0.3) is 0 Å². The molecule has 0 saturated carbocycles. The molecule has 2 rings (SSSR count). The molecule has 19 heavy (non-hydrogen) atoms. The van der Waals surface area contributed by atoms with Gasteiger partial charge in [0, 0.05) is 32.3 Å². The van der Waals surface area contributed by atoms with Crippen LogP contribution in [0.5, 0.6) is 0 Å². The summed E-state index contributed by atoms with van der Waals surface area (Å²) in [6, 6.07) is 10.3. The lowest BCUT2D eigenvalue weighted by atomic mass is 10.1. The molecule has 0 aromatic heterocycles. The van der Waals surface area contributed by atoms with E-state index in [1.165, 1.54) is 0 Å². The molecule has 1 aromatic carbocycles. The summed E-state index contributed by atoms with van der Waals surface area (Å²) in [5.74, 6) is 0.0499. The van der Waals surface area contributed by atoms with E-state index in [1.54, 1.807) is 7.11 Å². The van der Waals surface area contributed by atoms with Crippen LogP contribution in [0.4, 0.5) is 0 Å². The summed E-state index contributed by atoms with van der Waals surface area (Å²) in [5, 5.41) is 3.43. The number of benzene rings is 1. The molecular formula is C15H22N2O2. The average Bonchev–Trinajstić information content (AvgIpc) is 2.39. The second kappa shape index (κ2) is 6.17. The van der Waals surface area contributed by atoms with Crippen LogP contribution in [0.1, 0.15) is 25.5 Å². The summed E-state index contributed by atoms with van der Waals surface area (Å²) in [7, 11) is 1.59. The average molecular weight is 262 g/mol. The summed E-state index contributed by atoms with van der Waals surface area (Å²) in [6.45, 7) is 5.66. The highest BCUT2D eigenvalue weighted by atomic mass is 16.5. The number of amides is 1. The lowest BCUT2D eigenvalue weighted by molar-refractivity contribution is -0.144. The Kier molecular flexibility index (Phi) is 4.56. The minimum absolute atomic E-state index is 0.0499. The van der Waals surface area contributed by atoms with Gasteiger partial charge < -0.3 is 15.0 Å². The van der Waals surface area contributed by atoms with Gasteiger partial charge in [0.05, 0.1) is 0 Å². The van der Waals surface area contributed by atoms with Crippen molar-refractivity contribution in [1.29, 1.82) is 0 Å². The summed E-state index contributed by atoms with van der Waals surface area (Å²) >= 11 is 0. The molecule has 0 aliphatic carbocycles. The Morgan fingerprint density at radius 2 is 1.84 bits per heavy atom. The number of hydrogen-bond donors (Lipinski definition) is 1. The Labute approximate surface area is 114 Å². The van der Waals surface area contributed by atoms with Crippen molar-refractivity contribution < 1.29 is 9.53 Å². The van der Waals surface area contributed by atoms with Crippen molar-refractivity contribution >= 4 is 5.91 Å². The van der Waals surface area contributed by atoms with E-state index in [0.29, 0.717) is 12.1 Å². The van der Waals surface area contributed by atoms with E-state index in [9.17, 15) is 4.79 Å². The molecule has 4 heteroatoms. The Balaban J connectivity index is 2.13. The van der Waals surface area contributed by atoms with Crippen molar-refractivity contribution in [2.75, 3.05) is 20.2 Å². The Morgan fingerprint density at radius 1 is 1.26 bits per heavy atom. The van der Waals surface area contributed by atoms with Crippen molar-refractivity contribution in [1.82, 2.24) is 10.2 Å². The minimum atomic E-state index is -0.501. The second-order valence-corrected chi connectivity index (χ2v) is 5.24. The monoisotopic (exact) mass is 262 g/mol. The molecule has 104 valence electrons. The molecule has 1 heterocycles. The van der Waals surface area contributed by atoms with Gasteiger partial charge in [-0.2, -0.15) is 0 Å². The van der Waals surface area contributed by atoms with Gasteiger partial charge in [0.15, 0.2) is 6.10 Å². The molecule has 1 amide bonds. The topological polar surface area (TPSA) is 41.6 Å². The number of hydrogen-bond acceptors (Lipinski definition) is 3. The zero-order valence-corrected chi connectivity index (χ0v) is 11.8. The van der Waals surface area contributed by atoms with E-state index in [1.807, 2.05) is 35.2 Å². The molecule has 1 N–H and O–H groups in total. The van der Waals surface area contributed by atoms with Gasteiger partial charge in [0.2, 0.25) is 0 Å². The molecular weight excluding hydrogens is 240 g/mol. The molecule has 0 unspecified atom stereocenters. The van der Waals surface area contributed by atoms with Gasteiger partial charge in [-0.05, 0) is 19.4 Å². The quantitative estimate of drug-likeness (QED) is 0.899. The van der Waals surface area contributed by atoms with E-state index in [2.05, 4.69) is 19.2 Å². The van der Waals surface area contributed by atoms with Crippen LogP contribution < -0.4 is 5.32 Å². The van der Waals surface area contributed by atoms with Crippen LogP contribution in [0.3, 0.4) is 0 Å². The molecule has 3 atom stereocenters. The fourth-order valence-electron chi connectivity index (χ4n) is 2.68. The molecule has 1 fully saturated rings. The number of rotatable bonds is 3. The number of nitrogens with one attached hydrogen (secondary N) is 1. The molecule has 4 nitrogen and oxygen atoms in total. The van der Waals surface area contributed by atoms with Gasteiger partial charge >= 0.3 is 0 Å². The SMILES string of the molecule is CO[C@H](C(=O)N1C[C@@H](C)N[C@@H](C)C1)c1ccccc1. The highest BCUT2D eigenvalue weighted by Crippen LogP contribution is 2.20. The molecule has 1 aliphatic heterocycles. The predicted octanol–water partition coefficient (Wildman–Crippen LogP) is 1.58. The van der Waals surface area contributed by atoms with Gasteiger partial charge in [0.1, 0.15) is 0 Å². The molecule has 0 radical (unpaired) electrons. The van der Waals surface area contributed by atoms with Gasteiger partial charge in [0.25, 0.3) is 5.91 Å². The van der Waals surface area contributed by atoms with Crippen LogP contribution >= 0.6 is 0 Å². The van der Waals surface area contributed by atoms with E-state index in [0.717, 1.165) is 18.7 Å². The van der Waals surface area contributed by atoms with Crippen molar-refractivity contribution in [2.24, 2.45) is 0 Å². The number of methoxy groups -OCH3 is 1. The van der Waals surface area contributed by atoms with Crippen molar-refractivity contribution in [3.8, 4) is 0 Å². The van der Waals surface area contributed by atoms with Crippen LogP contribution in [0, 0.1) is 0 Å². The van der Waals surface area contributed by atoms with Crippen LogP contribution in [-0.2, 0) is 9.53 Å². The predicted molar refractivity (Wildman–Crippen MR) is 74.8 cm³/mol. The lowest BCUT2D eigenvalue weighted by Gasteiger charge is -2.37. The third-order valence-electron chi connectivity index (χ3n) is 3.43. The summed E-state index contributed by atoms with van der Waals surface area (Å²) in [6.07, 6.45) is -0.501. The maximum Gasteiger partial charge on any atom is 0.256 e. The highest BCUT2D eigenvalue weighted by molar-refractivity contribution is 5.82. The van der Waals surface area contributed by atoms with Gasteiger partial charge in [-0.1, -0.05) is 30.3 Å². The molecule has 1 aromatic rings.